The van der Waals surface area contributed by atoms with Crippen molar-refractivity contribution in [2.24, 2.45) is 4.99 Å². The smallest absolute Gasteiger partial charge is 0.191 e. The Kier molecular flexibility index (Phi) is 8.53. The van der Waals surface area contributed by atoms with E-state index in [4.69, 9.17) is 4.74 Å². The van der Waals surface area contributed by atoms with Crippen LogP contribution in [0.3, 0.4) is 0 Å². The van der Waals surface area contributed by atoms with Gasteiger partial charge in [-0.1, -0.05) is 19.1 Å². The summed E-state index contributed by atoms with van der Waals surface area (Å²) < 4.78 is 5.78. The van der Waals surface area contributed by atoms with Gasteiger partial charge in [-0.15, -0.1) is 0 Å². The Morgan fingerprint density at radius 1 is 1.06 bits per heavy atom. The number of aliphatic imine (C=N–C) groups is 1. The molecule has 2 heterocycles. The van der Waals surface area contributed by atoms with Crippen molar-refractivity contribution in [3.63, 3.8) is 0 Å². The Balaban J connectivity index is 1.54. The summed E-state index contributed by atoms with van der Waals surface area (Å²) in [5, 5.41) is 6.80. The van der Waals surface area contributed by atoms with Crippen LogP contribution in [0.4, 0.5) is 5.82 Å². The number of aryl methyl sites for hydroxylation is 1. The summed E-state index contributed by atoms with van der Waals surface area (Å²) in [6.45, 7) is 13.7. The molecule has 0 spiro atoms. The largest absolute Gasteiger partial charge is 0.494 e. The highest BCUT2D eigenvalue weighted by molar-refractivity contribution is 5.79. The second-order valence-corrected chi connectivity index (χ2v) is 7.77. The predicted octanol–water partition coefficient (Wildman–Crippen LogP) is 2.80. The van der Waals surface area contributed by atoms with Gasteiger partial charge in [-0.3, -0.25) is 4.99 Å². The van der Waals surface area contributed by atoms with Gasteiger partial charge in [0.2, 0.25) is 0 Å². The molecular formula is C24H36N6O. The first-order chi connectivity index (χ1) is 15.1. The minimum Gasteiger partial charge on any atom is -0.494 e. The topological polar surface area (TPSA) is 65.0 Å². The monoisotopic (exact) mass is 424 g/mol. The first-order valence-electron chi connectivity index (χ1n) is 11.2. The minimum atomic E-state index is 0.651. The van der Waals surface area contributed by atoms with E-state index in [-0.39, 0.29) is 0 Å². The van der Waals surface area contributed by atoms with Gasteiger partial charge in [0, 0.05) is 58.1 Å². The van der Waals surface area contributed by atoms with Crippen molar-refractivity contribution in [3.05, 3.63) is 53.2 Å². The lowest BCUT2D eigenvalue weighted by molar-refractivity contribution is 0.270. The van der Waals surface area contributed by atoms with Crippen LogP contribution in [0.2, 0.25) is 0 Å². The maximum absolute atomic E-state index is 5.78. The molecule has 1 aromatic carbocycles. The zero-order valence-electron chi connectivity index (χ0n) is 19.3. The maximum atomic E-state index is 5.78. The Bertz CT molecular complexity index is 861. The highest BCUT2D eigenvalue weighted by Gasteiger charge is 2.16. The minimum absolute atomic E-state index is 0.651. The van der Waals surface area contributed by atoms with Crippen molar-refractivity contribution < 1.29 is 4.74 Å². The number of hydrogen-bond acceptors (Lipinski definition) is 5. The molecule has 1 fully saturated rings. The first kappa shape index (κ1) is 22.9. The van der Waals surface area contributed by atoms with Crippen LogP contribution in [0.5, 0.6) is 5.75 Å². The standard InChI is InChI=1S/C24H36N6O/c1-5-29-11-13-30(14-12-29)23-16-20(9-10-26-23)17-27-24(25-4)28-18-21-8-7-19(3)15-22(21)31-6-2/h7-10,15-16H,5-6,11-14,17-18H2,1-4H3,(H2,25,27,28). The average molecular weight is 425 g/mol. The second kappa shape index (κ2) is 11.6. The molecule has 31 heavy (non-hydrogen) atoms. The number of rotatable bonds is 8. The molecule has 1 aliphatic heterocycles. The normalized spacial score (nSPS) is 15.1. The number of aromatic nitrogens is 1. The van der Waals surface area contributed by atoms with E-state index in [0.29, 0.717) is 19.7 Å². The summed E-state index contributed by atoms with van der Waals surface area (Å²) >= 11 is 0. The van der Waals surface area contributed by atoms with Gasteiger partial charge in [0.15, 0.2) is 5.96 Å². The van der Waals surface area contributed by atoms with Crippen LogP contribution in [0.1, 0.15) is 30.5 Å². The fraction of sp³-hybridized carbons (Fsp3) is 0.500. The number of pyridine rings is 1. The number of benzene rings is 1. The Morgan fingerprint density at radius 3 is 2.55 bits per heavy atom. The molecule has 0 bridgehead atoms. The summed E-state index contributed by atoms with van der Waals surface area (Å²) in [4.78, 5) is 13.8. The van der Waals surface area contributed by atoms with Gasteiger partial charge in [0.05, 0.1) is 6.61 Å². The molecule has 0 atom stereocenters. The van der Waals surface area contributed by atoms with E-state index in [1.54, 1.807) is 7.05 Å². The van der Waals surface area contributed by atoms with Crippen molar-refractivity contribution in [2.75, 3.05) is 51.3 Å². The van der Waals surface area contributed by atoms with Crippen LogP contribution in [0.15, 0.2) is 41.5 Å². The second-order valence-electron chi connectivity index (χ2n) is 7.77. The molecule has 168 valence electrons. The number of anilines is 1. The molecule has 7 nitrogen and oxygen atoms in total. The van der Waals surface area contributed by atoms with Crippen LogP contribution < -0.4 is 20.3 Å². The van der Waals surface area contributed by atoms with Crippen molar-refractivity contribution in [1.82, 2.24) is 20.5 Å². The Hall–Kier alpha value is -2.80. The van der Waals surface area contributed by atoms with Crippen LogP contribution in [-0.2, 0) is 13.1 Å². The van der Waals surface area contributed by atoms with Crippen LogP contribution >= 0.6 is 0 Å². The maximum Gasteiger partial charge on any atom is 0.191 e. The van der Waals surface area contributed by atoms with Gasteiger partial charge in [0.25, 0.3) is 0 Å². The molecule has 0 saturated carbocycles. The van der Waals surface area contributed by atoms with Crippen LogP contribution in [0.25, 0.3) is 0 Å². The molecule has 0 aliphatic carbocycles. The molecule has 0 radical (unpaired) electrons. The van der Waals surface area contributed by atoms with E-state index in [2.05, 4.69) is 74.6 Å². The van der Waals surface area contributed by atoms with Gasteiger partial charge in [0.1, 0.15) is 11.6 Å². The van der Waals surface area contributed by atoms with E-state index in [1.807, 2.05) is 13.1 Å². The zero-order valence-corrected chi connectivity index (χ0v) is 19.3. The average Bonchev–Trinajstić information content (AvgIpc) is 2.81. The summed E-state index contributed by atoms with van der Waals surface area (Å²) in [6.07, 6.45) is 1.90. The van der Waals surface area contributed by atoms with Crippen molar-refractivity contribution in [3.8, 4) is 5.75 Å². The van der Waals surface area contributed by atoms with E-state index >= 15 is 0 Å². The summed E-state index contributed by atoms with van der Waals surface area (Å²) in [7, 11) is 1.79. The van der Waals surface area contributed by atoms with Crippen LogP contribution in [-0.4, -0.2) is 62.2 Å². The number of nitrogens with zero attached hydrogens (tertiary/aromatic N) is 4. The quantitative estimate of drug-likeness (QED) is 0.502. The van der Waals surface area contributed by atoms with Crippen LogP contribution in [0, 0.1) is 6.92 Å². The fourth-order valence-electron chi connectivity index (χ4n) is 3.72. The summed E-state index contributed by atoms with van der Waals surface area (Å²) in [6, 6.07) is 10.5. The molecule has 7 heteroatoms. The summed E-state index contributed by atoms with van der Waals surface area (Å²) in [5.74, 6) is 2.74. The molecule has 2 aromatic rings. The van der Waals surface area contributed by atoms with Crippen molar-refractivity contribution >= 4 is 11.8 Å². The van der Waals surface area contributed by atoms with E-state index in [9.17, 15) is 0 Å². The molecule has 2 N–H and O–H groups in total. The molecular weight excluding hydrogens is 388 g/mol. The SMILES string of the molecule is CCOc1cc(C)ccc1CNC(=NC)NCc1ccnc(N2CCN(CC)CC2)c1. The van der Waals surface area contributed by atoms with Gasteiger partial charge >= 0.3 is 0 Å². The number of hydrogen-bond donors (Lipinski definition) is 2. The molecule has 0 unspecified atom stereocenters. The third kappa shape index (κ3) is 6.59. The third-order valence-corrected chi connectivity index (χ3v) is 5.61. The highest BCUT2D eigenvalue weighted by atomic mass is 16.5. The van der Waals surface area contributed by atoms with Gasteiger partial charge in [-0.25, -0.2) is 4.98 Å². The third-order valence-electron chi connectivity index (χ3n) is 5.61. The van der Waals surface area contributed by atoms with Crippen molar-refractivity contribution in [1.29, 1.82) is 0 Å². The molecule has 1 saturated heterocycles. The highest BCUT2D eigenvalue weighted by Crippen LogP contribution is 2.20. The lowest BCUT2D eigenvalue weighted by atomic mass is 10.1. The summed E-state index contributed by atoms with van der Waals surface area (Å²) in [5.41, 5.74) is 3.50. The first-order valence-corrected chi connectivity index (χ1v) is 11.2. The number of likely N-dealkylation sites (N-methyl/N-ethyl adjacent to an activating group) is 1. The van der Waals surface area contributed by atoms with E-state index in [0.717, 1.165) is 55.8 Å². The number of guanidine groups is 1. The number of piperazine rings is 1. The Morgan fingerprint density at radius 2 is 1.84 bits per heavy atom. The van der Waals surface area contributed by atoms with E-state index < -0.39 is 0 Å². The number of nitrogens with one attached hydrogen (secondary N) is 2. The molecule has 0 amide bonds. The Labute approximate surface area is 186 Å². The van der Waals surface area contributed by atoms with Gasteiger partial charge in [-0.05, 0) is 49.7 Å². The zero-order chi connectivity index (χ0) is 22.1. The van der Waals surface area contributed by atoms with Crippen molar-refractivity contribution in [2.45, 2.75) is 33.9 Å². The predicted molar refractivity (Wildman–Crippen MR) is 128 cm³/mol. The molecule has 1 aliphatic rings. The lowest BCUT2D eigenvalue weighted by Gasteiger charge is -2.34. The molecule has 1 aromatic heterocycles. The van der Waals surface area contributed by atoms with Gasteiger partial charge in [-0.2, -0.15) is 0 Å². The molecule has 3 rings (SSSR count). The fourth-order valence-corrected chi connectivity index (χ4v) is 3.72. The number of ether oxygens (including phenoxy) is 1. The lowest BCUT2D eigenvalue weighted by Crippen LogP contribution is -2.46. The van der Waals surface area contributed by atoms with E-state index in [1.165, 1.54) is 11.1 Å². The van der Waals surface area contributed by atoms with Gasteiger partial charge < -0.3 is 25.2 Å².